The van der Waals surface area contributed by atoms with Gasteiger partial charge in [0.25, 0.3) is 0 Å². The average Bonchev–Trinajstić information content (AvgIpc) is 2.97. The number of rotatable bonds is 3. The van der Waals surface area contributed by atoms with Gasteiger partial charge >= 0.3 is 0 Å². The number of likely N-dealkylation sites (tertiary alicyclic amines) is 1. The highest BCUT2D eigenvalue weighted by molar-refractivity contribution is 9.09. The highest BCUT2D eigenvalue weighted by Gasteiger charge is 2.29. The quantitative estimate of drug-likeness (QED) is 0.782. The van der Waals surface area contributed by atoms with Gasteiger partial charge < -0.3 is 0 Å². The molecule has 1 aromatic carbocycles. The molecule has 0 bridgehead atoms. The fourth-order valence-electron chi connectivity index (χ4n) is 2.97. The molecule has 1 fully saturated rings. The Hall–Kier alpha value is 0.0100. The largest absolute Gasteiger partial charge is 0.299 e. The molecule has 1 aromatic rings. The molecule has 1 saturated heterocycles. The van der Waals surface area contributed by atoms with Gasteiger partial charge in [0.1, 0.15) is 0 Å². The Kier molecular flexibility index (Phi) is 3.78. The number of halogens is 1. The number of hydrogen-bond donors (Lipinski definition) is 0. The van der Waals surface area contributed by atoms with Crippen molar-refractivity contribution in [1.29, 1.82) is 0 Å². The third-order valence-electron chi connectivity index (χ3n) is 3.93. The lowest BCUT2D eigenvalue weighted by atomic mass is 10.0. The minimum atomic E-state index is 0.746. The molecular formula is C14H18BrNS. The molecule has 2 unspecified atom stereocenters. The van der Waals surface area contributed by atoms with Gasteiger partial charge in [-0.05, 0) is 31.0 Å². The van der Waals surface area contributed by atoms with Crippen LogP contribution in [0.1, 0.15) is 24.3 Å². The van der Waals surface area contributed by atoms with E-state index >= 15 is 0 Å². The minimum absolute atomic E-state index is 0.746. The Morgan fingerprint density at radius 2 is 2.24 bits per heavy atom. The van der Waals surface area contributed by atoms with Crippen molar-refractivity contribution in [3.63, 3.8) is 0 Å². The van der Waals surface area contributed by atoms with Gasteiger partial charge in [-0.3, -0.25) is 4.90 Å². The van der Waals surface area contributed by atoms with Crippen molar-refractivity contribution in [2.24, 2.45) is 0 Å². The van der Waals surface area contributed by atoms with Crippen LogP contribution in [0.3, 0.4) is 0 Å². The Balaban J connectivity index is 1.71. The summed E-state index contributed by atoms with van der Waals surface area (Å²) < 4.78 is 0. The SMILES string of the molecule is BrCC1CCCN1CC1CSc2ccccc21. The van der Waals surface area contributed by atoms with Gasteiger partial charge in [0, 0.05) is 34.5 Å². The lowest BCUT2D eigenvalue weighted by molar-refractivity contribution is 0.261. The molecule has 92 valence electrons. The fourth-order valence-corrected chi connectivity index (χ4v) is 4.95. The highest BCUT2D eigenvalue weighted by Crippen LogP contribution is 2.40. The molecule has 2 aliphatic rings. The lowest BCUT2D eigenvalue weighted by Gasteiger charge is -2.26. The maximum absolute atomic E-state index is 3.65. The molecule has 0 aliphatic carbocycles. The summed E-state index contributed by atoms with van der Waals surface area (Å²) in [5.41, 5.74) is 1.58. The number of benzene rings is 1. The zero-order chi connectivity index (χ0) is 11.7. The van der Waals surface area contributed by atoms with Crippen LogP contribution in [0.2, 0.25) is 0 Å². The Bertz CT molecular complexity index is 396. The van der Waals surface area contributed by atoms with Gasteiger partial charge in [-0.2, -0.15) is 0 Å². The predicted octanol–water partition coefficient (Wildman–Crippen LogP) is 3.74. The molecule has 0 aromatic heterocycles. The monoisotopic (exact) mass is 311 g/mol. The van der Waals surface area contributed by atoms with Crippen molar-refractivity contribution in [2.75, 3.05) is 24.2 Å². The van der Waals surface area contributed by atoms with Crippen LogP contribution in [0.25, 0.3) is 0 Å². The molecule has 17 heavy (non-hydrogen) atoms. The van der Waals surface area contributed by atoms with Crippen LogP contribution < -0.4 is 0 Å². The Morgan fingerprint density at radius 1 is 1.35 bits per heavy atom. The maximum Gasteiger partial charge on any atom is 0.0193 e. The van der Waals surface area contributed by atoms with Gasteiger partial charge in [-0.25, -0.2) is 0 Å². The van der Waals surface area contributed by atoms with E-state index in [1.807, 2.05) is 11.8 Å². The third-order valence-corrected chi connectivity index (χ3v) is 5.93. The molecule has 0 radical (unpaired) electrons. The number of hydrogen-bond acceptors (Lipinski definition) is 2. The van der Waals surface area contributed by atoms with E-state index in [0.29, 0.717) is 0 Å². The van der Waals surface area contributed by atoms with Crippen LogP contribution in [0.15, 0.2) is 29.2 Å². The maximum atomic E-state index is 3.65. The second kappa shape index (κ2) is 5.33. The average molecular weight is 312 g/mol. The van der Waals surface area contributed by atoms with Crippen molar-refractivity contribution < 1.29 is 0 Å². The molecule has 2 atom stereocenters. The van der Waals surface area contributed by atoms with Gasteiger partial charge in [0.2, 0.25) is 0 Å². The van der Waals surface area contributed by atoms with Gasteiger partial charge in [-0.15, -0.1) is 11.8 Å². The Morgan fingerprint density at radius 3 is 3.12 bits per heavy atom. The summed E-state index contributed by atoms with van der Waals surface area (Å²) >= 11 is 5.68. The zero-order valence-electron chi connectivity index (χ0n) is 9.94. The molecule has 0 N–H and O–H groups in total. The van der Waals surface area contributed by atoms with Crippen LogP contribution in [0, 0.1) is 0 Å². The fraction of sp³-hybridized carbons (Fsp3) is 0.571. The summed E-state index contributed by atoms with van der Waals surface area (Å²) in [6.45, 7) is 2.54. The molecule has 2 heterocycles. The second-order valence-corrected chi connectivity index (χ2v) is 6.70. The molecular weight excluding hydrogens is 294 g/mol. The second-order valence-electron chi connectivity index (χ2n) is 4.99. The third kappa shape index (κ3) is 2.42. The zero-order valence-corrected chi connectivity index (χ0v) is 12.3. The van der Waals surface area contributed by atoms with Gasteiger partial charge in [0.15, 0.2) is 0 Å². The Labute approximate surface area is 116 Å². The normalized spacial score (nSPS) is 28.5. The summed E-state index contributed by atoms with van der Waals surface area (Å²) in [5, 5.41) is 1.13. The first-order chi connectivity index (χ1) is 8.38. The van der Waals surface area contributed by atoms with Gasteiger partial charge in [0.05, 0.1) is 0 Å². The number of fused-ring (bicyclic) bond motifs is 1. The van der Waals surface area contributed by atoms with E-state index in [1.54, 1.807) is 5.56 Å². The number of alkyl halides is 1. The number of thioether (sulfide) groups is 1. The molecule has 0 amide bonds. The molecule has 3 heteroatoms. The number of nitrogens with zero attached hydrogens (tertiary/aromatic N) is 1. The standard InChI is InChI=1S/C14H18BrNS/c15-8-12-4-3-7-16(12)9-11-10-17-14-6-2-1-5-13(11)14/h1-2,5-6,11-12H,3-4,7-10H2. The van der Waals surface area contributed by atoms with Crippen molar-refractivity contribution in [2.45, 2.75) is 29.7 Å². The molecule has 2 aliphatic heterocycles. The van der Waals surface area contributed by atoms with E-state index in [9.17, 15) is 0 Å². The minimum Gasteiger partial charge on any atom is -0.299 e. The molecule has 0 spiro atoms. The van der Waals surface area contributed by atoms with E-state index in [0.717, 1.165) is 17.3 Å². The van der Waals surface area contributed by atoms with Crippen molar-refractivity contribution in [3.8, 4) is 0 Å². The van der Waals surface area contributed by atoms with Crippen molar-refractivity contribution in [3.05, 3.63) is 29.8 Å². The smallest absolute Gasteiger partial charge is 0.0193 e. The van der Waals surface area contributed by atoms with Crippen molar-refractivity contribution >= 4 is 27.7 Å². The van der Waals surface area contributed by atoms with Crippen LogP contribution in [-0.2, 0) is 0 Å². The van der Waals surface area contributed by atoms with E-state index < -0.39 is 0 Å². The summed E-state index contributed by atoms with van der Waals surface area (Å²) in [6.07, 6.45) is 2.74. The van der Waals surface area contributed by atoms with Crippen LogP contribution in [0.5, 0.6) is 0 Å². The van der Waals surface area contributed by atoms with E-state index in [2.05, 4.69) is 45.1 Å². The van der Waals surface area contributed by atoms with Crippen LogP contribution in [0.4, 0.5) is 0 Å². The predicted molar refractivity (Wildman–Crippen MR) is 78.3 cm³/mol. The lowest BCUT2D eigenvalue weighted by Crippen LogP contribution is -2.34. The van der Waals surface area contributed by atoms with Crippen LogP contribution in [-0.4, -0.2) is 35.1 Å². The highest BCUT2D eigenvalue weighted by atomic mass is 79.9. The summed E-state index contributed by atoms with van der Waals surface area (Å²) in [6, 6.07) is 9.70. The summed E-state index contributed by atoms with van der Waals surface area (Å²) in [4.78, 5) is 4.19. The summed E-state index contributed by atoms with van der Waals surface area (Å²) in [7, 11) is 0. The van der Waals surface area contributed by atoms with Crippen LogP contribution >= 0.6 is 27.7 Å². The topological polar surface area (TPSA) is 3.24 Å². The first-order valence-electron chi connectivity index (χ1n) is 6.40. The molecule has 0 saturated carbocycles. The van der Waals surface area contributed by atoms with E-state index in [-0.39, 0.29) is 0 Å². The van der Waals surface area contributed by atoms with Gasteiger partial charge in [-0.1, -0.05) is 34.1 Å². The van der Waals surface area contributed by atoms with E-state index in [4.69, 9.17) is 0 Å². The van der Waals surface area contributed by atoms with E-state index in [1.165, 1.54) is 36.6 Å². The summed E-state index contributed by atoms with van der Waals surface area (Å²) in [5.74, 6) is 2.01. The first kappa shape index (κ1) is 12.1. The molecule has 3 rings (SSSR count). The van der Waals surface area contributed by atoms with Crippen molar-refractivity contribution in [1.82, 2.24) is 4.90 Å². The first-order valence-corrected chi connectivity index (χ1v) is 8.51. The molecule has 1 nitrogen and oxygen atoms in total.